The molecule has 0 spiro atoms. The van der Waals surface area contributed by atoms with E-state index < -0.39 is 11.8 Å². The van der Waals surface area contributed by atoms with Gasteiger partial charge < -0.3 is 9.64 Å². The molecule has 0 heterocycles. The van der Waals surface area contributed by atoms with Crippen molar-refractivity contribution in [2.24, 2.45) is 0 Å². The molecule has 0 saturated carbocycles. The summed E-state index contributed by atoms with van der Waals surface area (Å²) in [5.74, 6) is -0.937. The number of esters is 1. The van der Waals surface area contributed by atoms with Crippen LogP contribution in [0.15, 0.2) is 84.9 Å². The molecule has 0 aromatic heterocycles. The summed E-state index contributed by atoms with van der Waals surface area (Å²) >= 11 is 0. The van der Waals surface area contributed by atoms with E-state index >= 15 is 0 Å². The van der Waals surface area contributed by atoms with Crippen molar-refractivity contribution in [3.63, 3.8) is 0 Å². The molecule has 0 bridgehead atoms. The average molecular weight is 378 g/mol. The van der Waals surface area contributed by atoms with Gasteiger partial charge in [0.15, 0.2) is 0 Å². The largest absolute Gasteiger partial charge is 0.453 e. The first-order valence-corrected chi connectivity index (χ1v) is 9.48. The third-order valence-electron chi connectivity index (χ3n) is 4.54. The van der Waals surface area contributed by atoms with E-state index in [1.807, 2.05) is 43.3 Å². The second-order valence-electron chi connectivity index (χ2n) is 7.01. The Morgan fingerprint density at radius 2 is 1.46 bits per heavy atom. The molecule has 0 aliphatic heterocycles. The van der Waals surface area contributed by atoms with E-state index in [9.17, 15) is 9.18 Å². The van der Waals surface area contributed by atoms with E-state index in [0.29, 0.717) is 6.54 Å². The van der Waals surface area contributed by atoms with Crippen LogP contribution >= 0.6 is 0 Å². The van der Waals surface area contributed by atoms with Crippen molar-refractivity contribution in [2.75, 3.05) is 6.54 Å². The highest BCUT2D eigenvalue weighted by Crippen LogP contribution is 2.07. The Labute approximate surface area is 165 Å². The molecule has 3 rings (SSSR count). The minimum atomic E-state index is -0.495. The Morgan fingerprint density at radius 1 is 0.893 bits per heavy atom. The molecule has 1 atom stereocenters. The number of carbonyl (C=O) groups excluding carboxylic acids is 1. The van der Waals surface area contributed by atoms with Gasteiger partial charge >= 0.3 is 5.97 Å². The Hall–Kier alpha value is -2.98. The van der Waals surface area contributed by atoms with Crippen LogP contribution in [-0.2, 0) is 17.8 Å². The molecular weight excluding hydrogens is 353 g/mol. The molecule has 3 nitrogen and oxygen atoms in total. The van der Waals surface area contributed by atoms with E-state index in [2.05, 4.69) is 24.3 Å². The molecule has 0 saturated heterocycles. The SMILES string of the molecule is C[C@H](C[NH+](Cc1ccccc1)Cc1ccccc1)OC(=O)c1cccc(F)c1. The maximum Gasteiger partial charge on any atom is 0.338 e. The highest BCUT2D eigenvalue weighted by molar-refractivity contribution is 5.89. The molecule has 3 aromatic rings. The Balaban J connectivity index is 1.66. The predicted molar refractivity (Wildman–Crippen MR) is 107 cm³/mol. The number of ether oxygens (including phenoxy) is 1. The van der Waals surface area contributed by atoms with Crippen LogP contribution in [0.4, 0.5) is 4.39 Å². The summed E-state index contributed by atoms with van der Waals surface area (Å²) in [7, 11) is 0. The summed E-state index contributed by atoms with van der Waals surface area (Å²) in [6, 6.07) is 26.1. The van der Waals surface area contributed by atoms with Crippen molar-refractivity contribution < 1.29 is 18.8 Å². The van der Waals surface area contributed by atoms with Gasteiger partial charge in [0.2, 0.25) is 0 Å². The number of benzene rings is 3. The molecular formula is C24H25FNO2+. The van der Waals surface area contributed by atoms with Crippen molar-refractivity contribution in [3.05, 3.63) is 107 Å². The zero-order valence-electron chi connectivity index (χ0n) is 16.0. The van der Waals surface area contributed by atoms with Crippen LogP contribution < -0.4 is 4.90 Å². The fourth-order valence-corrected chi connectivity index (χ4v) is 3.29. The fourth-order valence-electron chi connectivity index (χ4n) is 3.29. The van der Waals surface area contributed by atoms with Gasteiger partial charge in [0.1, 0.15) is 31.6 Å². The Kier molecular flexibility index (Phi) is 6.93. The van der Waals surface area contributed by atoms with Gasteiger partial charge in [0, 0.05) is 11.1 Å². The van der Waals surface area contributed by atoms with E-state index in [0.717, 1.165) is 13.1 Å². The molecule has 28 heavy (non-hydrogen) atoms. The molecule has 4 heteroatoms. The van der Waals surface area contributed by atoms with E-state index in [1.165, 1.54) is 34.2 Å². The third-order valence-corrected chi connectivity index (χ3v) is 4.54. The monoisotopic (exact) mass is 378 g/mol. The molecule has 0 fully saturated rings. The highest BCUT2D eigenvalue weighted by Gasteiger charge is 2.19. The number of hydrogen-bond donors (Lipinski definition) is 1. The number of rotatable bonds is 8. The van der Waals surface area contributed by atoms with Gasteiger partial charge in [0.25, 0.3) is 0 Å². The molecule has 144 valence electrons. The molecule has 1 N–H and O–H groups in total. The predicted octanol–water partition coefficient (Wildman–Crippen LogP) is 3.66. The number of halogens is 1. The summed E-state index contributed by atoms with van der Waals surface area (Å²) in [5.41, 5.74) is 2.70. The van der Waals surface area contributed by atoms with E-state index in [4.69, 9.17) is 4.74 Å². The van der Waals surface area contributed by atoms with Crippen molar-refractivity contribution >= 4 is 5.97 Å². The lowest BCUT2D eigenvalue weighted by molar-refractivity contribution is -0.930. The van der Waals surface area contributed by atoms with Gasteiger partial charge in [-0.05, 0) is 25.1 Å². The minimum absolute atomic E-state index is 0.236. The molecule has 0 unspecified atom stereocenters. The maximum atomic E-state index is 13.3. The highest BCUT2D eigenvalue weighted by atomic mass is 19.1. The van der Waals surface area contributed by atoms with Gasteiger partial charge in [-0.3, -0.25) is 0 Å². The zero-order chi connectivity index (χ0) is 19.8. The molecule has 3 aromatic carbocycles. The van der Waals surface area contributed by atoms with Crippen LogP contribution in [0.2, 0.25) is 0 Å². The topological polar surface area (TPSA) is 30.7 Å². The average Bonchev–Trinajstić information content (AvgIpc) is 2.69. The summed E-state index contributed by atoms with van der Waals surface area (Å²) in [4.78, 5) is 13.6. The standard InChI is InChI=1S/C24H24FNO2/c1-19(28-24(27)22-13-8-14-23(25)15-22)16-26(17-20-9-4-2-5-10-20)18-21-11-6-3-7-12-21/h2-15,19H,16-18H2,1H3/p+1/t19-/m1/s1. The van der Waals surface area contributed by atoms with Crippen molar-refractivity contribution in [1.29, 1.82) is 0 Å². The van der Waals surface area contributed by atoms with Gasteiger partial charge in [0.05, 0.1) is 5.56 Å². The number of carbonyl (C=O) groups is 1. The maximum absolute atomic E-state index is 13.3. The van der Waals surface area contributed by atoms with E-state index in [-0.39, 0.29) is 11.7 Å². The van der Waals surface area contributed by atoms with Crippen LogP contribution in [0.3, 0.4) is 0 Å². The van der Waals surface area contributed by atoms with Crippen molar-refractivity contribution in [3.8, 4) is 0 Å². The first-order valence-electron chi connectivity index (χ1n) is 9.48. The number of nitrogens with one attached hydrogen (secondary N) is 1. The molecule has 0 aliphatic rings. The fraction of sp³-hybridized carbons (Fsp3) is 0.208. The van der Waals surface area contributed by atoms with Crippen LogP contribution in [0.5, 0.6) is 0 Å². The number of hydrogen-bond acceptors (Lipinski definition) is 2. The Morgan fingerprint density at radius 3 is 2.00 bits per heavy atom. The third kappa shape index (κ3) is 6.03. The lowest BCUT2D eigenvalue weighted by Crippen LogP contribution is -3.10. The first kappa shape index (κ1) is 19.8. The smallest absolute Gasteiger partial charge is 0.338 e. The van der Waals surface area contributed by atoms with Gasteiger partial charge in [-0.25, -0.2) is 9.18 Å². The summed E-state index contributed by atoms with van der Waals surface area (Å²) in [5, 5.41) is 0. The number of quaternary nitrogens is 1. The van der Waals surface area contributed by atoms with Crippen LogP contribution in [-0.4, -0.2) is 18.6 Å². The second-order valence-corrected chi connectivity index (χ2v) is 7.01. The minimum Gasteiger partial charge on any atom is -0.453 e. The first-order chi connectivity index (χ1) is 13.6. The molecule has 0 aliphatic carbocycles. The van der Waals surface area contributed by atoms with Crippen LogP contribution in [0.1, 0.15) is 28.4 Å². The lowest BCUT2D eigenvalue weighted by atomic mass is 10.1. The molecule has 0 amide bonds. The normalized spacial score (nSPS) is 12.0. The molecule has 0 radical (unpaired) electrons. The van der Waals surface area contributed by atoms with Gasteiger partial charge in [-0.2, -0.15) is 0 Å². The van der Waals surface area contributed by atoms with Gasteiger partial charge in [-0.15, -0.1) is 0 Å². The second kappa shape index (κ2) is 9.81. The van der Waals surface area contributed by atoms with Gasteiger partial charge in [-0.1, -0.05) is 66.7 Å². The summed E-state index contributed by atoms with van der Waals surface area (Å²) in [6.07, 6.45) is -0.293. The van der Waals surface area contributed by atoms with Crippen LogP contribution in [0, 0.1) is 5.82 Å². The zero-order valence-corrected chi connectivity index (χ0v) is 16.0. The Bertz CT molecular complexity index is 842. The van der Waals surface area contributed by atoms with Crippen molar-refractivity contribution in [2.45, 2.75) is 26.1 Å². The van der Waals surface area contributed by atoms with Crippen molar-refractivity contribution in [1.82, 2.24) is 0 Å². The lowest BCUT2D eigenvalue weighted by Gasteiger charge is -2.23. The van der Waals surface area contributed by atoms with E-state index in [1.54, 1.807) is 6.07 Å². The van der Waals surface area contributed by atoms with Crippen LogP contribution in [0.25, 0.3) is 0 Å². The summed E-state index contributed by atoms with van der Waals surface area (Å²) in [6.45, 7) is 4.20. The summed E-state index contributed by atoms with van der Waals surface area (Å²) < 4.78 is 18.9. The quantitative estimate of drug-likeness (QED) is 0.607.